The third-order valence-corrected chi connectivity index (χ3v) is 3.69. The molecule has 0 atom stereocenters. The van der Waals surface area contributed by atoms with Gasteiger partial charge in [0.15, 0.2) is 5.76 Å². The zero-order valence-electron chi connectivity index (χ0n) is 11.6. The summed E-state index contributed by atoms with van der Waals surface area (Å²) in [5.74, 6) is 0.431. The van der Waals surface area contributed by atoms with Crippen molar-refractivity contribution in [3.63, 3.8) is 0 Å². The van der Waals surface area contributed by atoms with Gasteiger partial charge in [0.1, 0.15) is 12.3 Å². The van der Waals surface area contributed by atoms with Gasteiger partial charge >= 0.3 is 0 Å². The molecule has 1 N–H and O–H groups in total. The van der Waals surface area contributed by atoms with E-state index in [4.69, 9.17) is 9.15 Å². The second kappa shape index (κ2) is 6.86. The summed E-state index contributed by atoms with van der Waals surface area (Å²) in [6, 6.07) is 10.8. The number of nitrogens with zero attached hydrogens (tertiary/aromatic N) is 2. The fourth-order valence-corrected chi connectivity index (χ4v) is 2.46. The van der Waals surface area contributed by atoms with Gasteiger partial charge < -0.3 is 14.5 Å². The van der Waals surface area contributed by atoms with Gasteiger partial charge in [-0.3, -0.25) is 4.79 Å². The van der Waals surface area contributed by atoms with Crippen molar-refractivity contribution < 1.29 is 13.9 Å². The minimum atomic E-state index is -0.271. The Morgan fingerprint density at radius 2 is 2.18 bits per heavy atom. The molecule has 0 radical (unpaired) electrons. The van der Waals surface area contributed by atoms with Crippen molar-refractivity contribution in [3.8, 4) is 16.5 Å². The second-order valence-corrected chi connectivity index (χ2v) is 5.26. The first-order valence-electron chi connectivity index (χ1n) is 6.65. The van der Waals surface area contributed by atoms with Crippen LogP contribution in [0.3, 0.4) is 0 Å². The van der Waals surface area contributed by atoms with Crippen molar-refractivity contribution in [3.05, 3.63) is 53.8 Å². The van der Waals surface area contributed by atoms with E-state index in [1.807, 2.05) is 23.6 Å². The summed E-state index contributed by atoms with van der Waals surface area (Å²) >= 11 is 1.61. The van der Waals surface area contributed by atoms with Crippen LogP contribution in [0.1, 0.15) is 10.6 Å². The second-order valence-electron chi connectivity index (χ2n) is 4.32. The molecule has 3 heterocycles. The Labute approximate surface area is 130 Å². The van der Waals surface area contributed by atoms with Crippen LogP contribution in [0.25, 0.3) is 10.6 Å². The van der Waals surface area contributed by atoms with E-state index in [0.717, 1.165) is 10.6 Å². The van der Waals surface area contributed by atoms with Crippen LogP contribution in [0.4, 0.5) is 0 Å². The standard InChI is InChI=1S/C15H13N3O3S/c19-15(12-3-1-8-20-12)16-7-9-21-14-6-5-11(17-18-14)13-4-2-10-22-13/h1-6,8,10H,7,9H2,(H,16,19). The van der Waals surface area contributed by atoms with Crippen molar-refractivity contribution in [2.45, 2.75) is 0 Å². The number of carbonyl (C=O) groups is 1. The highest BCUT2D eigenvalue weighted by Gasteiger charge is 2.07. The van der Waals surface area contributed by atoms with Gasteiger partial charge in [-0.15, -0.1) is 21.5 Å². The molecule has 0 bridgehead atoms. The van der Waals surface area contributed by atoms with Gasteiger partial charge in [-0.2, -0.15) is 0 Å². The Balaban J connectivity index is 1.45. The number of carbonyl (C=O) groups excluding carboxylic acids is 1. The lowest BCUT2D eigenvalue weighted by atomic mass is 10.3. The third-order valence-electron chi connectivity index (χ3n) is 2.80. The van der Waals surface area contributed by atoms with Crippen molar-refractivity contribution in [2.75, 3.05) is 13.2 Å². The highest BCUT2D eigenvalue weighted by Crippen LogP contribution is 2.22. The van der Waals surface area contributed by atoms with Gasteiger partial charge in [0.05, 0.1) is 17.7 Å². The normalized spacial score (nSPS) is 10.4. The van der Waals surface area contributed by atoms with Crippen LogP contribution in [-0.2, 0) is 0 Å². The van der Waals surface area contributed by atoms with Gasteiger partial charge in [-0.05, 0) is 29.6 Å². The number of furan rings is 1. The zero-order chi connectivity index (χ0) is 15.2. The number of thiophene rings is 1. The fraction of sp³-hybridized carbons (Fsp3) is 0.133. The van der Waals surface area contributed by atoms with Crippen LogP contribution in [0.5, 0.6) is 5.88 Å². The fourth-order valence-electron chi connectivity index (χ4n) is 1.77. The van der Waals surface area contributed by atoms with E-state index in [1.165, 1.54) is 6.26 Å². The predicted octanol–water partition coefficient (Wildman–Crippen LogP) is 2.61. The summed E-state index contributed by atoms with van der Waals surface area (Å²) in [5.41, 5.74) is 0.813. The van der Waals surface area contributed by atoms with Gasteiger partial charge in [-0.25, -0.2) is 0 Å². The largest absolute Gasteiger partial charge is 0.475 e. The molecule has 0 aromatic carbocycles. The van der Waals surface area contributed by atoms with Crippen molar-refractivity contribution in [1.82, 2.24) is 15.5 Å². The lowest BCUT2D eigenvalue weighted by Gasteiger charge is -2.05. The molecule has 22 heavy (non-hydrogen) atoms. The smallest absolute Gasteiger partial charge is 0.287 e. The number of amides is 1. The molecule has 3 rings (SSSR count). The molecule has 6 nitrogen and oxygen atoms in total. The first-order valence-corrected chi connectivity index (χ1v) is 7.53. The molecule has 3 aromatic heterocycles. The first-order chi connectivity index (χ1) is 10.8. The monoisotopic (exact) mass is 315 g/mol. The lowest BCUT2D eigenvalue weighted by molar-refractivity contribution is 0.0919. The molecule has 1 amide bonds. The average Bonchev–Trinajstić information content (AvgIpc) is 3.25. The Morgan fingerprint density at radius 1 is 1.23 bits per heavy atom. The molecule has 112 valence electrons. The average molecular weight is 315 g/mol. The number of nitrogens with one attached hydrogen (secondary N) is 1. The Kier molecular flexibility index (Phi) is 4.45. The van der Waals surface area contributed by atoms with Gasteiger partial charge in [0.25, 0.3) is 5.91 Å². The van der Waals surface area contributed by atoms with Crippen molar-refractivity contribution in [2.24, 2.45) is 0 Å². The van der Waals surface area contributed by atoms with Crippen molar-refractivity contribution >= 4 is 17.2 Å². The Morgan fingerprint density at radius 3 is 2.86 bits per heavy atom. The van der Waals surface area contributed by atoms with Gasteiger partial charge in [-0.1, -0.05) is 6.07 Å². The van der Waals surface area contributed by atoms with E-state index < -0.39 is 0 Å². The molecule has 0 saturated carbocycles. The zero-order valence-corrected chi connectivity index (χ0v) is 12.4. The number of hydrogen-bond acceptors (Lipinski definition) is 6. The summed E-state index contributed by atoms with van der Waals surface area (Å²) in [7, 11) is 0. The van der Waals surface area contributed by atoms with Crippen LogP contribution < -0.4 is 10.1 Å². The molecule has 7 heteroatoms. The lowest BCUT2D eigenvalue weighted by Crippen LogP contribution is -2.27. The van der Waals surface area contributed by atoms with Crippen LogP contribution >= 0.6 is 11.3 Å². The predicted molar refractivity (Wildman–Crippen MR) is 81.9 cm³/mol. The minimum absolute atomic E-state index is 0.271. The molecule has 0 spiro atoms. The summed E-state index contributed by atoms with van der Waals surface area (Å²) in [4.78, 5) is 12.7. The van der Waals surface area contributed by atoms with Gasteiger partial charge in [0, 0.05) is 6.07 Å². The van der Waals surface area contributed by atoms with Crippen LogP contribution in [0.15, 0.2) is 52.5 Å². The Bertz CT molecular complexity index is 709. The van der Waals surface area contributed by atoms with E-state index in [9.17, 15) is 4.79 Å². The maximum absolute atomic E-state index is 11.6. The highest BCUT2D eigenvalue weighted by atomic mass is 32.1. The molecule has 3 aromatic rings. The topological polar surface area (TPSA) is 77.2 Å². The molecule has 0 fully saturated rings. The quantitative estimate of drug-likeness (QED) is 0.708. The number of rotatable bonds is 6. The van der Waals surface area contributed by atoms with E-state index in [2.05, 4.69) is 15.5 Å². The summed E-state index contributed by atoms with van der Waals surface area (Å²) < 4.78 is 10.4. The maximum Gasteiger partial charge on any atom is 0.287 e. The van der Waals surface area contributed by atoms with Crippen LogP contribution in [0, 0.1) is 0 Å². The molecule has 0 aliphatic carbocycles. The van der Waals surface area contributed by atoms with Crippen LogP contribution in [-0.4, -0.2) is 29.3 Å². The number of ether oxygens (including phenoxy) is 1. The van der Waals surface area contributed by atoms with E-state index in [0.29, 0.717) is 19.0 Å². The molecule has 0 aliphatic heterocycles. The summed E-state index contributed by atoms with van der Waals surface area (Å²) in [5, 5.41) is 12.8. The Hall–Kier alpha value is -2.67. The third kappa shape index (κ3) is 3.50. The van der Waals surface area contributed by atoms with Crippen LogP contribution in [0.2, 0.25) is 0 Å². The molecule has 0 aliphatic rings. The molecular weight excluding hydrogens is 302 g/mol. The molecule has 0 saturated heterocycles. The summed E-state index contributed by atoms with van der Waals surface area (Å²) in [6.07, 6.45) is 1.45. The van der Waals surface area contributed by atoms with E-state index in [1.54, 1.807) is 29.5 Å². The SMILES string of the molecule is O=C(NCCOc1ccc(-c2cccs2)nn1)c1ccco1. The summed E-state index contributed by atoms with van der Waals surface area (Å²) in [6.45, 7) is 0.660. The number of hydrogen-bond donors (Lipinski definition) is 1. The van der Waals surface area contributed by atoms with E-state index >= 15 is 0 Å². The highest BCUT2D eigenvalue weighted by molar-refractivity contribution is 7.13. The maximum atomic E-state index is 11.6. The minimum Gasteiger partial charge on any atom is -0.475 e. The van der Waals surface area contributed by atoms with E-state index in [-0.39, 0.29) is 11.7 Å². The van der Waals surface area contributed by atoms with Crippen molar-refractivity contribution in [1.29, 1.82) is 0 Å². The first kappa shape index (κ1) is 14.3. The molecule has 0 unspecified atom stereocenters. The molecular formula is C15H13N3O3S. The number of aromatic nitrogens is 2. The van der Waals surface area contributed by atoms with Gasteiger partial charge in [0.2, 0.25) is 5.88 Å².